The highest BCUT2D eigenvalue weighted by Gasteiger charge is 2.31. The van der Waals surface area contributed by atoms with Crippen LogP contribution in [0.4, 0.5) is 17.3 Å². The lowest BCUT2D eigenvalue weighted by Crippen LogP contribution is -2.36. The third kappa shape index (κ3) is 4.99. The van der Waals surface area contributed by atoms with Crippen LogP contribution in [0.2, 0.25) is 0 Å². The molecule has 1 aliphatic rings. The molecular formula is C16H27N5O4. The Kier molecular flexibility index (Phi) is 7.32. The molecule has 1 atom stereocenters. The van der Waals surface area contributed by atoms with Crippen molar-refractivity contribution >= 4 is 17.3 Å². The van der Waals surface area contributed by atoms with Gasteiger partial charge in [0.25, 0.3) is 0 Å². The molecule has 1 saturated heterocycles. The van der Waals surface area contributed by atoms with Crippen LogP contribution in [-0.4, -0.2) is 68.5 Å². The van der Waals surface area contributed by atoms with Crippen molar-refractivity contribution in [3.63, 3.8) is 0 Å². The quantitative estimate of drug-likeness (QED) is 0.489. The minimum absolute atomic E-state index is 0.0381. The fourth-order valence-electron chi connectivity index (χ4n) is 3.10. The van der Waals surface area contributed by atoms with Crippen LogP contribution in [0.1, 0.15) is 19.8 Å². The first-order chi connectivity index (χ1) is 12.1. The van der Waals surface area contributed by atoms with Crippen LogP contribution >= 0.6 is 0 Å². The molecule has 0 N–H and O–H groups in total. The monoisotopic (exact) mass is 353 g/mol. The van der Waals surface area contributed by atoms with E-state index in [1.165, 1.54) is 6.33 Å². The predicted octanol–water partition coefficient (Wildman–Crippen LogP) is 1.72. The van der Waals surface area contributed by atoms with Crippen molar-refractivity contribution in [2.45, 2.75) is 19.8 Å². The van der Waals surface area contributed by atoms with Gasteiger partial charge >= 0.3 is 5.69 Å². The number of methoxy groups -OCH3 is 2. The van der Waals surface area contributed by atoms with Crippen LogP contribution in [0.15, 0.2) is 6.33 Å². The first kappa shape index (κ1) is 19.3. The third-order valence-electron chi connectivity index (χ3n) is 4.35. The molecule has 9 nitrogen and oxygen atoms in total. The number of nitro groups is 1. The Morgan fingerprint density at radius 3 is 2.56 bits per heavy atom. The van der Waals surface area contributed by atoms with Crippen molar-refractivity contribution < 1.29 is 14.4 Å². The maximum Gasteiger partial charge on any atom is 0.353 e. The first-order valence-corrected chi connectivity index (χ1v) is 8.55. The van der Waals surface area contributed by atoms with Gasteiger partial charge in [-0.3, -0.25) is 10.1 Å². The maximum absolute atomic E-state index is 11.8. The van der Waals surface area contributed by atoms with E-state index in [2.05, 4.69) is 16.9 Å². The summed E-state index contributed by atoms with van der Waals surface area (Å²) in [6.07, 6.45) is 3.55. The summed E-state index contributed by atoms with van der Waals surface area (Å²) in [5.74, 6) is 1.22. The maximum atomic E-state index is 11.8. The summed E-state index contributed by atoms with van der Waals surface area (Å²) in [6.45, 7) is 5.58. The lowest BCUT2D eigenvalue weighted by Gasteiger charge is -2.32. The minimum Gasteiger partial charge on any atom is -0.383 e. The Labute approximate surface area is 148 Å². The normalized spacial score (nSPS) is 17.6. The van der Waals surface area contributed by atoms with E-state index in [0.717, 1.165) is 25.9 Å². The number of hydrogen-bond acceptors (Lipinski definition) is 8. The molecule has 25 heavy (non-hydrogen) atoms. The van der Waals surface area contributed by atoms with Gasteiger partial charge in [0.2, 0.25) is 11.6 Å². The van der Waals surface area contributed by atoms with E-state index in [1.54, 1.807) is 14.2 Å². The average molecular weight is 353 g/mol. The Hall–Kier alpha value is -2.00. The van der Waals surface area contributed by atoms with Gasteiger partial charge < -0.3 is 19.3 Å². The van der Waals surface area contributed by atoms with Crippen molar-refractivity contribution in [3.05, 3.63) is 16.4 Å². The van der Waals surface area contributed by atoms with E-state index < -0.39 is 0 Å². The minimum atomic E-state index is -0.378. The van der Waals surface area contributed by atoms with Gasteiger partial charge in [-0.1, -0.05) is 6.92 Å². The van der Waals surface area contributed by atoms with E-state index in [9.17, 15) is 10.1 Å². The van der Waals surface area contributed by atoms with Gasteiger partial charge in [0, 0.05) is 40.4 Å². The van der Waals surface area contributed by atoms with Crippen molar-refractivity contribution in [1.82, 2.24) is 9.97 Å². The summed E-state index contributed by atoms with van der Waals surface area (Å²) in [6, 6.07) is 0. The van der Waals surface area contributed by atoms with E-state index in [1.807, 2.05) is 9.80 Å². The van der Waals surface area contributed by atoms with E-state index in [-0.39, 0.29) is 10.6 Å². The third-order valence-corrected chi connectivity index (χ3v) is 4.35. The van der Waals surface area contributed by atoms with Crippen LogP contribution in [0.3, 0.4) is 0 Å². The Balaban J connectivity index is 2.38. The highest BCUT2D eigenvalue weighted by Crippen LogP contribution is 2.35. The summed E-state index contributed by atoms with van der Waals surface area (Å²) < 4.78 is 10.3. The van der Waals surface area contributed by atoms with Crippen LogP contribution in [0.25, 0.3) is 0 Å². The van der Waals surface area contributed by atoms with E-state index in [0.29, 0.717) is 43.9 Å². The zero-order valence-corrected chi connectivity index (χ0v) is 15.2. The van der Waals surface area contributed by atoms with Crippen molar-refractivity contribution in [2.75, 3.05) is 63.4 Å². The molecule has 0 spiro atoms. The molecule has 0 aliphatic carbocycles. The van der Waals surface area contributed by atoms with Gasteiger partial charge in [0.05, 0.1) is 18.1 Å². The number of ether oxygens (including phenoxy) is 2. The van der Waals surface area contributed by atoms with Crippen molar-refractivity contribution in [1.29, 1.82) is 0 Å². The lowest BCUT2D eigenvalue weighted by molar-refractivity contribution is -0.383. The smallest absolute Gasteiger partial charge is 0.353 e. The number of rotatable bonds is 9. The number of aromatic nitrogens is 2. The van der Waals surface area contributed by atoms with Gasteiger partial charge in [-0.2, -0.15) is 0 Å². The SMILES string of the molecule is COCCN(CCOC)c1ncnc(N2CCCC(C)C2)c1[N+](=O)[O-]. The number of piperidine rings is 1. The Morgan fingerprint density at radius 2 is 2.00 bits per heavy atom. The molecular weight excluding hydrogens is 326 g/mol. The van der Waals surface area contributed by atoms with Crippen LogP contribution in [0, 0.1) is 16.0 Å². The van der Waals surface area contributed by atoms with Crippen LogP contribution in [0.5, 0.6) is 0 Å². The molecule has 2 heterocycles. The Bertz CT molecular complexity index is 563. The fourth-order valence-corrected chi connectivity index (χ4v) is 3.10. The highest BCUT2D eigenvalue weighted by molar-refractivity contribution is 5.71. The molecule has 2 rings (SSSR count). The molecule has 0 saturated carbocycles. The second-order valence-corrected chi connectivity index (χ2v) is 6.29. The molecule has 0 amide bonds. The summed E-state index contributed by atoms with van der Waals surface area (Å²) >= 11 is 0. The molecule has 0 radical (unpaired) electrons. The van der Waals surface area contributed by atoms with Crippen LogP contribution in [-0.2, 0) is 9.47 Å². The average Bonchev–Trinajstić information content (AvgIpc) is 2.61. The summed E-state index contributed by atoms with van der Waals surface area (Å²) in [5.41, 5.74) is -0.0381. The summed E-state index contributed by atoms with van der Waals surface area (Å²) in [5, 5.41) is 11.8. The highest BCUT2D eigenvalue weighted by atomic mass is 16.6. The van der Waals surface area contributed by atoms with Crippen molar-refractivity contribution in [2.24, 2.45) is 5.92 Å². The molecule has 1 fully saturated rings. The van der Waals surface area contributed by atoms with Gasteiger partial charge in [-0.05, 0) is 18.8 Å². The largest absolute Gasteiger partial charge is 0.383 e. The first-order valence-electron chi connectivity index (χ1n) is 8.55. The topological polar surface area (TPSA) is 93.9 Å². The van der Waals surface area contributed by atoms with Gasteiger partial charge in [-0.25, -0.2) is 9.97 Å². The van der Waals surface area contributed by atoms with Gasteiger partial charge in [0.15, 0.2) is 0 Å². The standard InChI is InChI=1S/C16H27N5O4/c1-13-5-4-6-20(11-13)16-14(21(22)23)15(17-12-18-16)19(7-9-24-2)8-10-25-3/h12-13H,4-11H2,1-3H3. The molecule has 1 aromatic heterocycles. The Morgan fingerprint density at radius 1 is 1.32 bits per heavy atom. The molecule has 1 aliphatic heterocycles. The zero-order chi connectivity index (χ0) is 18.2. The molecule has 1 aromatic rings. The molecule has 140 valence electrons. The zero-order valence-electron chi connectivity index (χ0n) is 15.2. The van der Waals surface area contributed by atoms with E-state index >= 15 is 0 Å². The molecule has 0 bridgehead atoms. The van der Waals surface area contributed by atoms with Crippen LogP contribution < -0.4 is 9.80 Å². The number of nitrogens with zero attached hydrogens (tertiary/aromatic N) is 5. The van der Waals surface area contributed by atoms with Gasteiger partial charge in [0.1, 0.15) is 6.33 Å². The van der Waals surface area contributed by atoms with E-state index in [4.69, 9.17) is 9.47 Å². The summed E-state index contributed by atoms with van der Waals surface area (Å²) in [7, 11) is 3.20. The molecule has 1 unspecified atom stereocenters. The number of hydrogen-bond donors (Lipinski definition) is 0. The molecule has 0 aromatic carbocycles. The number of anilines is 2. The lowest BCUT2D eigenvalue weighted by atomic mass is 10.0. The second kappa shape index (κ2) is 9.47. The predicted molar refractivity (Wildman–Crippen MR) is 95.3 cm³/mol. The molecule has 9 heteroatoms. The second-order valence-electron chi connectivity index (χ2n) is 6.29. The van der Waals surface area contributed by atoms with Gasteiger partial charge in [-0.15, -0.1) is 0 Å². The van der Waals surface area contributed by atoms with Crippen molar-refractivity contribution in [3.8, 4) is 0 Å². The fraction of sp³-hybridized carbons (Fsp3) is 0.750. The summed E-state index contributed by atoms with van der Waals surface area (Å²) in [4.78, 5) is 23.7.